The maximum Gasteiger partial charge on any atom is 0.283 e. The Balaban J connectivity index is 2.63. The summed E-state index contributed by atoms with van der Waals surface area (Å²) in [6.45, 7) is 0. The molecule has 10 heteroatoms. The van der Waals surface area contributed by atoms with Gasteiger partial charge in [-0.3, -0.25) is 4.55 Å². The van der Waals surface area contributed by atoms with Crippen LogP contribution in [0.15, 0.2) is 54.6 Å². The van der Waals surface area contributed by atoms with Gasteiger partial charge >= 0.3 is 0 Å². The molecule has 3 aromatic rings. The van der Waals surface area contributed by atoms with Gasteiger partial charge in [-0.05, 0) is 53.6 Å². The minimum absolute atomic E-state index is 0.0422. The molecule has 0 aliphatic rings. The second-order valence-electron chi connectivity index (χ2n) is 6.15. The van der Waals surface area contributed by atoms with E-state index in [2.05, 4.69) is 0 Å². The maximum atomic E-state index is 13.0. The van der Waals surface area contributed by atoms with Gasteiger partial charge in [0.15, 0.2) is 4.75 Å². The molecule has 3 rings (SSSR count). The highest BCUT2D eigenvalue weighted by molar-refractivity contribution is 7.87. The number of rotatable bonds is 4. The lowest BCUT2D eigenvalue weighted by Crippen LogP contribution is -2.38. The van der Waals surface area contributed by atoms with Crippen LogP contribution in [0.5, 0.6) is 11.5 Å². The van der Waals surface area contributed by atoms with Gasteiger partial charge < -0.3 is 10.2 Å². The van der Waals surface area contributed by atoms with Gasteiger partial charge in [0.1, 0.15) is 11.5 Å². The molecule has 0 aromatic heterocycles. The zero-order valence-corrected chi connectivity index (χ0v) is 18.1. The summed E-state index contributed by atoms with van der Waals surface area (Å²) in [4.78, 5) is 0. The summed E-state index contributed by atoms with van der Waals surface area (Å²) in [6.07, 6.45) is 0. The molecule has 3 aromatic carbocycles. The van der Waals surface area contributed by atoms with E-state index in [0.29, 0.717) is 0 Å². The molecule has 1 unspecified atom stereocenters. The molecule has 3 N–H and O–H groups in total. The summed E-state index contributed by atoms with van der Waals surface area (Å²) >= 11 is 24.4. The second kappa shape index (κ2) is 7.87. The van der Waals surface area contributed by atoms with Crippen molar-refractivity contribution in [1.29, 1.82) is 0 Å². The maximum absolute atomic E-state index is 13.0. The van der Waals surface area contributed by atoms with Crippen molar-refractivity contribution in [1.82, 2.24) is 0 Å². The summed E-state index contributed by atoms with van der Waals surface area (Å²) in [5, 5.41) is 20.6. The molecule has 0 aliphatic heterocycles. The lowest BCUT2D eigenvalue weighted by atomic mass is 9.83. The Morgan fingerprint density at radius 3 is 1.86 bits per heavy atom. The summed E-state index contributed by atoms with van der Waals surface area (Å²) in [6, 6.07) is 11.3. The first-order valence-electron chi connectivity index (χ1n) is 7.88. The van der Waals surface area contributed by atoms with Gasteiger partial charge in [-0.1, -0.05) is 58.5 Å². The first kappa shape index (κ1) is 22.0. The lowest BCUT2D eigenvalue weighted by Gasteiger charge is -2.34. The third kappa shape index (κ3) is 3.89. The second-order valence-corrected chi connectivity index (χ2v) is 9.43. The van der Waals surface area contributed by atoms with Crippen molar-refractivity contribution in [3.05, 3.63) is 91.4 Å². The number of benzene rings is 3. The Bertz CT molecular complexity index is 1170. The summed E-state index contributed by atoms with van der Waals surface area (Å²) in [7, 11) is -5.11. The zero-order chi connectivity index (χ0) is 21.6. The van der Waals surface area contributed by atoms with Crippen LogP contribution < -0.4 is 0 Å². The van der Waals surface area contributed by atoms with Crippen LogP contribution in [0.1, 0.15) is 16.7 Å². The quantitative estimate of drug-likeness (QED) is 0.311. The van der Waals surface area contributed by atoms with Crippen molar-refractivity contribution < 1.29 is 23.2 Å². The number of halogens is 4. The summed E-state index contributed by atoms with van der Waals surface area (Å²) < 4.78 is 33.9. The van der Waals surface area contributed by atoms with Crippen LogP contribution in [-0.4, -0.2) is 23.2 Å². The monoisotopic (exact) mass is 492 g/mol. The molecular weight excluding hydrogens is 482 g/mol. The largest absolute Gasteiger partial charge is 0.508 e. The highest BCUT2D eigenvalue weighted by atomic mass is 35.5. The predicted molar refractivity (Wildman–Crippen MR) is 114 cm³/mol. The average Bonchev–Trinajstić information content (AvgIpc) is 2.55. The third-order valence-electron chi connectivity index (χ3n) is 4.29. The van der Waals surface area contributed by atoms with Crippen LogP contribution in [0.25, 0.3) is 0 Å². The molecule has 0 heterocycles. The van der Waals surface area contributed by atoms with E-state index in [1.54, 1.807) is 0 Å². The number of hydrogen-bond acceptors (Lipinski definition) is 4. The van der Waals surface area contributed by atoms with Crippen LogP contribution in [0.2, 0.25) is 20.1 Å². The smallest absolute Gasteiger partial charge is 0.283 e. The molecule has 0 saturated heterocycles. The Labute approximate surface area is 186 Å². The van der Waals surface area contributed by atoms with Crippen LogP contribution in [0.4, 0.5) is 0 Å². The number of phenolic OH excluding ortho intramolecular Hbond substituents is 2. The van der Waals surface area contributed by atoms with Crippen molar-refractivity contribution in [3.8, 4) is 11.5 Å². The molecule has 0 spiro atoms. The van der Waals surface area contributed by atoms with Gasteiger partial charge in [0.2, 0.25) is 0 Å². The summed E-state index contributed by atoms with van der Waals surface area (Å²) in [5.74, 6) is -0.882. The number of phenols is 2. The van der Waals surface area contributed by atoms with Crippen molar-refractivity contribution in [2.45, 2.75) is 4.75 Å². The number of aromatic hydroxyl groups is 2. The van der Waals surface area contributed by atoms with Crippen molar-refractivity contribution in [2.75, 3.05) is 0 Å². The van der Waals surface area contributed by atoms with E-state index in [-0.39, 0.29) is 42.5 Å². The van der Waals surface area contributed by atoms with Crippen LogP contribution in [0, 0.1) is 0 Å². The van der Waals surface area contributed by atoms with Crippen LogP contribution in [-0.2, 0) is 14.9 Å². The van der Waals surface area contributed by atoms with E-state index in [9.17, 15) is 23.2 Å². The molecule has 0 radical (unpaired) electrons. The topological polar surface area (TPSA) is 94.8 Å². The minimum Gasteiger partial charge on any atom is -0.508 e. The van der Waals surface area contributed by atoms with E-state index in [4.69, 9.17) is 46.4 Å². The predicted octanol–water partition coefficient (Wildman–Crippen LogP) is 5.89. The Morgan fingerprint density at radius 2 is 1.34 bits per heavy atom. The van der Waals surface area contributed by atoms with Gasteiger partial charge in [0, 0.05) is 20.6 Å². The minimum atomic E-state index is -5.11. The van der Waals surface area contributed by atoms with Crippen molar-refractivity contribution in [2.24, 2.45) is 0 Å². The fourth-order valence-corrected chi connectivity index (χ4v) is 5.79. The first-order valence-corrected chi connectivity index (χ1v) is 10.8. The standard InChI is InChI=1S/C19H12Cl4O5S/c20-12-4-11(5-13(21)7-12)19(29(26,27)28,10-2-1-3-15(24)6-10)18-16(23)8-14(22)9-17(18)25/h1-9,24-25H,(H,26,27,28). The van der Waals surface area contributed by atoms with Gasteiger partial charge in [-0.25, -0.2) is 0 Å². The molecule has 5 nitrogen and oxygen atoms in total. The van der Waals surface area contributed by atoms with E-state index in [0.717, 1.165) is 12.1 Å². The molecule has 0 aliphatic carbocycles. The van der Waals surface area contributed by atoms with E-state index in [1.165, 1.54) is 42.5 Å². The van der Waals surface area contributed by atoms with Crippen molar-refractivity contribution in [3.63, 3.8) is 0 Å². The summed E-state index contributed by atoms with van der Waals surface area (Å²) in [5.41, 5.74) is -0.601. The highest BCUT2D eigenvalue weighted by Crippen LogP contribution is 2.51. The van der Waals surface area contributed by atoms with E-state index >= 15 is 0 Å². The Hall–Kier alpha value is -1.67. The SMILES string of the molecule is O=S(=O)(O)C(c1cccc(O)c1)(c1cc(Cl)cc(Cl)c1)c1c(O)cc(Cl)cc1Cl. The molecule has 0 amide bonds. The molecule has 0 saturated carbocycles. The average molecular weight is 494 g/mol. The molecule has 0 bridgehead atoms. The van der Waals surface area contributed by atoms with E-state index in [1.807, 2.05) is 0 Å². The molecule has 29 heavy (non-hydrogen) atoms. The van der Waals surface area contributed by atoms with Gasteiger partial charge in [-0.15, -0.1) is 0 Å². The normalized spacial score (nSPS) is 13.8. The van der Waals surface area contributed by atoms with Gasteiger partial charge in [0.05, 0.1) is 5.02 Å². The highest BCUT2D eigenvalue weighted by Gasteiger charge is 2.51. The lowest BCUT2D eigenvalue weighted by molar-refractivity contribution is 0.439. The third-order valence-corrected chi connectivity index (χ3v) is 6.70. The molecule has 152 valence electrons. The van der Waals surface area contributed by atoms with Crippen LogP contribution in [0.3, 0.4) is 0 Å². The molecule has 0 fully saturated rings. The molecular formula is C19H12Cl4O5S. The van der Waals surface area contributed by atoms with Gasteiger partial charge in [-0.2, -0.15) is 8.42 Å². The van der Waals surface area contributed by atoms with Crippen molar-refractivity contribution >= 4 is 56.5 Å². The van der Waals surface area contributed by atoms with E-state index < -0.39 is 20.6 Å². The Morgan fingerprint density at radius 1 is 0.759 bits per heavy atom. The molecule has 1 atom stereocenters. The zero-order valence-electron chi connectivity index (χ0n) is 14.3. The fourth-order valence-electron chi connectivity index (χ4n) is 3.27. The number of hydrogen-bond donors (Lipinski definition) is 3. The Kier molecular flexibility index (Phi) is 5.98. The van der Waals surface area contributed by atoms with Crippen LogP contribution >= 0.6 is 46.4 Å². The fraction of sp³-hybridized carbons (Fsp3) is 0.0526. The van der Waals surface area contributed by atoms with Gasteiger partial charge in [0.25, 0.3) is 10.1 Å². The first-order chi connectivity index (χ1) is 13.5.